The zero-order valence-corrected chi connectivity index (χ0v) is 18.3. The number of benzene rings is 2. The van der Waals surface area contributed by atoms with Gasteiger partial charge in [-0.15, -0.1) is 0 Å². The average molecular weight is 424 g/mol. The summed E-state index contributed by atoms with van der Waals surface area (Å²) >= 11 is 0. The Bertz CT molecular complexity index is 982. The lowest BCUT2D eigenvalue weighted by molar-refractivity contribution is 0.242. The number of guanidine groups is 1. The first kappa shape index (κ1) is 22.3. The summed E-state index contributed by atoms with van der Waals surface area (Å²) in [6, 6.07) is 14.6. The smallest absolute Gasteiger partial charge is 0.195 e. The zero-order valence-electron chi connectivity index (χ0n) is 18.3. The van der Waals surface area contributed by atoms with Crippen molar-refractivity contribution < 1.29 is 9.13 Å². The summed E-state index contributed by atoms with van der Waals surface area (Å²) in [4.78, 5) is 4.64. The third kappa shape index (κ3) is 7.44. The minimum absolute atomic E-state index is 0.128. The maximum atomic E-state index is 13.9. The molecule has 6 nitrogen and oxygen atoms in total. The molecule has 1 heterocycles. The Morgan fingerprint density at radius 2 is 1.90 bits per heavy atom. The van der Waals surface area contributed by atoms with Gasteiger partial charge >= 0.3 is 0 Å². The molecule has 0 aliphatic carbocycles. The van der Waals surface area contributed by atoms with Gasteiger partial charge in [-0.3, -0.25) is 9.67 Å². The number of aryl methyl sites for hydroxylation is 1. The van der Waals surface area contributed by atoms with Gasteiger partial charge in [0.1, 0.15) is 11.6 Å². The summed E-state index contributed by atoms with van der Waals surface area (Å²) in [5, 5.41) is 10.9. The number of rotatable bonds is 9. The number of anilines is 1. The maximum Gasteiger partial charge on any atom is 0.195 e. The number of nitrogens with one attached hydrogen (secondary N) is 2. The molecule has 0 unspecified atom stereocenters. The van der Waals surface area contributed by atoms with Crippen LogP contribution in [-0.4, -0.2) is 34.9 Å². The van der Waals surface area contributed by atoms with Gasteiger partial charge < -0.3 is 15.4 Å². The molecular weight excluding hydrogens is 393 g/mol. The zero-order chi connectivity index (χ0) is 22.1. The summed E-state index contributed by atoms with van der Waals surface area (Å²) in [7, 11) is 1.90. The molecule has 0 atom stereocenters. The Balaban J connectivity index is 1.63. The first-order valence-corrected chi connectivity index (χ1v) is 10.5. The molecule has 7 heteroatoms. The van der Waals surface area contributed by atoms with Gasteiger partial charge in [-0.25, -0.2) is 4.39 Å². The van der Waals surface area contributed by atoms with Crippen LogP contribution in [0.25, 0.3) is 0 Å². The van der Waals surface area contributed by atoms with Gasteiger partial charge in [-0.05, 0) is 68.1 Å². The topological polar surface area (TPSA) is 63.5 Å². The molecule has 3 aromatic rings. The van der Waals surface area contributed by atoms with Crippen molar-refractivity contribution in [3.8, 4) is 5.75 Å². The molecule has 0 spiro atoms. The number of ether oxygens (including phenoxy) is 1. The van der Waals surface area contributed by atoms with Crippen molar-refractivity contribution in [3.63, 3.8) is 0 Å². The second-order valence-electron chi connectivity index (χ2n) is 7.59. The number of nitrogens with zero attached hydrogens (tertiary/aromatic N) is 3. The molecule has 0 fully saturated rings. The Morgan fingerprint density at radius 3 is 2.58 bits per heavy atom. The molecule has 164 valence electrons. The fraction of sp³-hybridized carbons (Fsp3) is 0.333. The van der Waals surface area contributed by atoms with Crippen LogP contribution in [0.1, 0.15) is 25.0 Å². The Hall–Kier alpha value is -3.35. The lowest BCUT2D eigenvalue weighted by atomic mass is 10.1. The van der Waals surface area contributed by atoms with E-state index in [1.807, 2.05) is 63.6 Å². The number of hydrogen-bond acceptors (Lipinski definition) is 3. The van der Waals surface area contributed by atoms with Crippen molar-refractivity contribution in [2.75, 3.05) is 18.4 Å². The summed E-state index contributed by atoms with van der Waals surface area (Å²) in [5.74, 6) is 1.28. The molecule has 31 heavy (non-hydrogen) atoms. The minimum Gasteiger partial charge on any atom is -0.491 e. The second-order valence-corrected chi connectivity index (χ2v) is 7.59. The van der Waals surface area contributed by atoms with Crippen molar-refractivity contribution in [1.29, 1.82) is 0 Å². The number of aromatic nitrogens is 2. The summed E-state index contributed by atoms with van der Waals surface area (Å²) < 4.78 is 21.4. The molecule has 0 amide bonds. The van der Waals surface area contributed by atoms with Crippen molar-refractivity contribution in [2.24, 2.45) is 12.0 Å². The van der Waals surface area contributed by atoms with Crippen LogP contribution >= 0.6 is 0 Å². The standard InChI is InChI=1S/C24H30FN5O/c1-18(2)31-22-10-8-21(9-11-22)29-24(26-14-12-19-16-28-30(3)17-19)27-15-13-20-6-4-5-7-23(20)25/h4-11,16-18H,12-15H2,1-3H3,(H2,26,27,29). The molecule has 2 aromatic carbocycles. The molecule has 1 aromatic heterocycles. The van der Waals surface area contributed by atoms with Gasteiger partial charge in [0.05, 0.1) is 12.3 Å². The fourth-order valence-electron chi connectivity index (χ4n) is 3.08. The van der Waals surface area contributed by atoms with Crippen molar-refractivity contribution in [3.05, 3.63) is 77.9 Å². The van der Waals surface area contributed by atoms with Gasteiger partial charge in [0.2, 0.25) is 0 Å². The highest BCUT2D eigenvalue weighted by Crippen LogP contribution is 2.17. The SMILES string of the molecule is CC(C)Oc1ccc(NC(=NCCc2ccccc2F)NCCc2cnn(C)c2)cc1. The van der Waals surface area contributed by atoms with Crippen molar-refractivity contribution in [2.45, 2.75) is 32.8 Å². The molecule has 0 aliphatic heterocycles. The molecule has 3 rings (SSSR count). The lowest BCUT2D eigenvalue weighted by Gasteiger charge is -2.14. The molecule has 0 aliphatic rings. The van der Waals surface area contributed by atoms with Gasteiger partial charge in [0, 0.05) is 32.0 Å². The van der Waals surface area contributed by atoms with E-state index in [0.29, 0.717) is 31.0 Å². The number of hydrogen-bond donors (Lipinski definition) is 2. The lowest BCUT2D eigenvalue weighted by Crippen LogP contribution is -2.32. The quantitative estimate of drug-likeness (QED) is 0.400. The summed E-state index contributed by atoms with van der Waals surface area (Å²) in [6.07, 6.45) is 5.34. The van der Waals surface area contributed by atoms with Crippen molar-refractivity contribution in [1.82, 2.24) is 15.1 Å². The van der Waals surface area contributed by atoms with Crippen LogP contribution in [0.2, 0.25) is 0 Å². The second kappa shape index (κ2) is 11.2. The highest BCUT2D eigenvalue weighted by molar-refractivity contribution is 5.93. The van der Waals surface area contributed by atoms with E-state index in [4.69, 9.17) is 4.74 Å². The molecular formula is C24H30FN5O. The Kier molecular flexibility index (Phi) is 8.04. The highest BCUT2D eigenvalue weighted by atomic mass is 19.1. The first-order valence-electron chi connectivity index (χ1n) is 10.5. The third-order valence-electron chi connectivity index (χ3n) is 4.56. The van der Waals surface area contributed by atoms with Gasteiger partial charge in [-0.2, -0.15) is 5.10 Å². The van der Waals surface area contributed by atoms with E-state index in [-0.39, 0.29) is 11.9 Å². The van der Waals surface area contributed by atoms with Crippen LogP contribution in [0.3, 0.4) is 0 Å². The fourth-order valence-corrected chi connectivity index (χ4v) is 3.08. The van der Waals surface area contributed by atoms with E-state index >= 15 is 0 Å². The predicted molar refractivity (Wildman–Crippen MR) is 123 cm³/mol. The van der Waals surface area contributed by atoms with Gasteiger partial charge in [0.15, 0.2) is 5.96 Å². The highest BCUT2D eigenvalue weighted by Gasteiger charge is 2.05. The third-order valence-corrected chi connectivity index (χ3v) is 4.56. The van der Waals surface area contributed by atoms with Gasteiger partial charge in [-0.1, -0.05) is 18.2 Å². The van der Waals surface area contributed by atoms with Gasteiger partial charge in [0.25, 0.3) is 0 Å². The van der Waals surface area contributed by atoms with E-state index in [1.54, 1.807) is 16.8 Å². The van der Waals surface area contributed by atoms with E-state index < -0.39 is 0 Å². The molecule has 2 N–H and O–H groups in total. The van der Waals surface area contributed by atoms with E-state index in [2.05, 4.69) is 20.7 Å². The molecule has 0 bridgehead atoms. The minimum atomic E-state index is -0.197. The Labute approximate surface area is 183 Å². The predicted octanol–water partition coefficient (Wildman–Crippen LogP) is 4.19. The van der Waals surface area contributed by atoms with Crippen LogP contribution in [0.4, 0.5) is 10.1 Å². The number of halogens is 1. The molecule has 0 radical (unpaired) electrons. The van der Waals surface area contributed by atoms with E-state index in [1.165, 1.54) is 6.07 Å². The first-order chi connectivity index (χ1) is 15.0. The Morgan fingerprint density at radius 1 is 1.13 bits per heavy atom. The van der Waals surface area contributed by atoms with E-state index in [9.17, 15) is 4.39 Å². The maximum absolute atomic E-state index is 13.9. The van der Waals surface area contributed by atoms with Crippen LogP contribution < -0.4 is 15.4 Å². The average Bonchev–Trinajstić information content (AvgIpc) is 3.15. The van der Waals surface area contributed by atoms with Crippen LogP contribution in [0.5, 0.6) is 5.75 Å². The monoisotopic (exact) mass is 423 g/mol. The van der Waals surface area contributed by atoms with Crippen LogP contribution in [-0.2, 0) is 19.9 Å². The van der Waals surface area contributed by atoms with Crippen molar-refractivity contribution >= 4 is 11.6 Å². The van der Waals surface area contributed by atoms with E-state index in [0.717, 1.165) is 23.4 Å². The summed E-state index contributed by atoms with van der Waals surface area (Å²) in [5.41, 5.74) is 2.71. The summed E-state index contributed by atoms with van der Waals surface area (Å²) in [6.45, 7) is 5.17. The van der Waals surface area contributed by atoms with Crippen LogP contribution in [0.15, 0.2) is 65.9 Å². The molecule has 0 saturated carbocycles. The normalized spacial score (nSPS) is 11.6. The number of aliphatic imine (C=N–C) groups is 1. The largest absolute Gasteiger partial charge is 0.491 e. The molecule has 0 saturated heterocycles. The van der Waals surface area contributed by atoms with Crippen LogP contribution in [0, 0.1) is 5.82 Å².